The molecule has 0 radical (unpaired) electrons. The minimum atomic E-state index is -0.590. The van der Waals surface area contributed by atoms with Crippen molar-refractivity contribution in [3.8, 4) is 17.9 Å². The van der Waals surface area contributed by atoms with E-state index < -0.39 is 11.9 Å². The first-order valence-corrected chi connectivity index (χ1v) is 14.7. The third kappa shape index (κ3) is 10.7. The van der Waals surface area contributed by atoms with Crippen LogP contribution >= 0.6 is 23.5 Å². The Labute approximate surface area is 241 Å². The van der Waals surface area contributed by atoms with Crippen LogP contribution in [-0.4, -0.2) is 40.8 Å². The molecule has 1 aromatic carbocycles. The maximum Gasteiger partial charge on any atom is 0.347 e. The Bertz CT molecular complexity index is 1120. The molecule has 1 aliphatic heterocycles. The summed E-state index contributed by atoms with van der Waals surface area (Å²) in [6, 6.07) is 7.43. The van der Waals surface area contributed by atoms with Crippen LogP contribution in [0, 0.1) is 22.7 Å². The Morgan fingerprint density at radius 3 is 1.56 bits per heavy atom. The van der Waals surface area contributed by atoms with Crippen LogP contribution in [0.4, 0.5) is 0 Å². The molecule has 9 heteroatoms. The molecule has 1 aliphatic rings. The predicted octanol–water partition coefficient (Wildman–Crippen LogP) is 7.00. The van der Waals surface area contributed by atoms with Gasteiger partial charge in [-0.3, -0.25) is 0 Å². The van der Waals surface area contributed by atoms with Gasteiger partial charge in [-0.2, -0.15) is 10.5 Å². The van der Waals surface area contributed by atoms with E-state index in [-0.39, 0.29) is 34.2 Å². The van der Waals surface area contributed by atoms with Crippen LogP contribution in [0.15, 0.2) is 27.5 Å². The standard InChI is InChI=1S/C18H22N2O.C12H18O4S2/c1-17(2,3)14-8-12(7-13(10-19)11-20)9-15(16(14)21)18(4,5)6;1-7(2)15-10(13)9(11(14)16-8(3)4)12-17-5-6-18-12/h7-9,21H,1-6H3;7-8H,5-6H2,1-4H3. The monoisotopic (exact) mass is 572 g/mol. The lowest BCUT2D eigenvalue weighted by molar-refractivity contribution is -0.150. The first-order valence-electron chi connectivity index (χ1n) is 12.7. The van der Waals surface area contributed by atoms with E-state index in [0.717, 1.165) is 28.2 Å². The molecule has 0 amide bonds. The molecule has 1 saturated heterocycles. The topological polar surface area (TPSA) is 120 Å². The van der Waals surface area contributed by atoms with E-state index in [9.17, 15) is 14.7 Å². The number of carbonyl (C=O) groups excluding carboxylic acids is 2. The molecule has 39 heavy (non-hydrogen) atoms. The number of nitrogens with zero attached hydrogens (tertiary/aromatic N) is 2. The highest BCUT2D eigenvalue weighted by Gasteiger charge is 2.30. The van der Waals surface area contributed by atoms with Gasteiger partial charge in [0.15, 0.2) is 5.57 Å². The summed E-state index contributed by atoms with van der Waals surface area (Å²) in [6.07, 6.45) is 1.05. The van der Waals surface area contributed by atoms with Crippen LogP contribution in [0.1, 0.15) is 85.9 Å². The number of esters is 2. The highest BCUT2D eigenvalue weighted by atomic mass is 32.2. The number of thioether (sulfide) groups is 2. The zero-order chi connectivity index (χ0) is 30.1. The lowest BCUT2D eigenvalue weighted by Crippen LogP contribution is -2.23. The van der Waals surface area contributed by atoms with Gasteiger partial charge in [0.2, 0.25) is 0 Å². The smallest absolute Gasteiger partial charge is 0.347 e. The summed E-state index contributed by atoms with van der Waals surface area (Å²) in [4.78, 5) is 23.9. The second-order valence-electron chi connectivity index (χ2n) is 11.5. The molecule has 0 bridgehead atoms. The maximum atomic E-state index is 12.0. The van der Waals surface area contributed by atoms with Gasteiger partial charge in [-0.15, -0.1) is 23.5 Å². The molecule has 0 saturated carbocycles. The summed E-state index contributed by atoms with van der Waals surface area (Å²) < 4.78 is 10.9. The molecular formula is C30H40N2O5S2. The fourth-order valence-electron chi connectivity index (χ4n) is 3.39. The minimum absolute atomic E-state index is 0.0462. The lowest BCUT2D eigenvalue weighted by atomic mass is 9.78. The number of nitriles is 2. The van der Waals surface area contributed by atoms with E-state index in [0.29, 0.717) is 9.99 Å². The van der Waals surface area contributed by atoms with Crippen LogP contribution in [0.2, 0.25) is 0 Å². The fourth-order valence-corrected chi connectivity index (χ4v) is 5.88. The third-order valence-electron chi connectivity index (χ3n) is 5.15. The molecule has 1 heterocycles. The first kappa shape index (κ1) is 34.1. The highest BCUT2D eigenvalue weighted by molar-refractivity contribution is 8.25. The molecule has 0 spiro atoms. The lowest BCUT2D eigenvalue weighted by Gasteiger charge is -2.27. The fraction of sp³-hybridized carbons (Fsp3) is 0.533. The minimum Gasteiger partial charge on any atom is -0.507 e. The molecule has 0 aliphatic carbocycles. The average molecular weight is 573 g/mol. The summed E-state index contributed by atoms with van der Waals surface area (Å²) >= 11 is 3.00. The van der Waals surface area contributed by atoms with E-state index in [1.54, 1.807) is 33.8 Å². The Morgan fingerprint density at radius 2 is 1.26 bits per heavy atom. The van der Waals surface area contributed by atoms with Crippen molar-refractivity contribution in [1.82, 2.24) is 0 Å². The number of ether oxygens (including phenoxy) is 2. The number of benzene rings is 1. The predicted molar refractivity (Wildman–Crippen MR) is 159 cm³/mol. The van der Waals surface area contributed by atoms with Crippen molar-refractivity contribution in [3.63, 3.8) is 0 Å². The van der Waals surface area contributed by atoms with Crippen LogP contribution in [0.25, 0.3) is 6.08 Å². The van der Waals surface area contributed by atoms with Crippen molar-refractivity contribution in [2.45, 2.75) is 92.3 Å². The van der Waals surface area contributed by atoms with Crippen LogP contribution < -0.4 is 0 Å². The van der Waals surface area contributed by atoms with Gasteiger partial charge in [-0.25, -0.2) is 9.59 Å². The number of hydrogen-bond acceptors (Lipinski definition) is 9. The molecule has 212 valence electrons. The van der Waals surface area contributed by atoms with Crippen molar-refractivity contribution in [2.75, 3.05) is 11.5 Å². The van der Waals surface area contributed by atoms with Gasteiger partial charge < -0.3 is 14.6 Å². The number of rotatable bonds is 5. The molecule has 2 rings (SSSR count). The summed E-state index contributed by atoms with van der Waals surface area (Å²) in [6.45, 7) is 19.2. The third-order valence-corrected chi connectivity index (χ3v) is 7.86. The van der Waals surface area contributed by atoms with Crippen molar-refractivity contribution < 1.29 is 24.2 Å². The summed E-state index contributed by atoms with van der Waals surface area (Å²) in [5.74, 6) is 0.906. The molecule has 0 atom stereocenters. The molecular weight excluding hydrogens is 532 g/mol. The zero-order valence-corrected chi connectivity index (χ0v) is 26.2. The number of carbonyl (C=O) groups is 2. The van der Waals surface area contributed by atoms with Gasteiger partial charge in [0, 0.05) is 22.6 Å². The SMILES string of the molecule is CC(C)(C)c1cc(C=C(C#N)C#N)cc(C(C)(C)C)c1O.CC(C)OC(=O)C(C(=O)OC(C)C)=C1SCCS1. The maximum absolute atomic E-state index is 12.0. The van der Waals surface area contributed by atoms with Gasteiger partial charge in [0.1, 0.15) is 23.5 Å². The van der Waals surface area contributed by atoms with Crippen molar-refractivity contribution in [3.05, 3.63) is 44.2 Å². The first-order chi connectivity index (χ1) is 17.9. The zero-order valence-electron chi connectivity index (χ0n) is 24.6. The number of hydrogen-bond donors (Lipinski definition) is 1. The normalized spacial score (nSPS) is 13.1. The quantitative estimate of drug-likeness (QED) is 0.131. The summed E-state index contributed by atoms with van der Waals surface area (Å²) in [7, 11) is 0. The van der Waals surface area contributed by atoms with Gasteiger partial charge in [-0.1, -0.05) is 41.5 Å². The van der Waals surface area contributed by atoms with Crippen LogP contribution in [0.3, 0.4) is 0 Å². The molecule has 1 N–H and O–H groups in total. The van der Waals surface area contributed by atoms with E-state index >= 15 is 0 Å². The van der Waals surface area contributed by atoms with Gasteiger partial charge >= 0.3 is 11.9 Å². The van der Waals surface area contributed by atoms with E-state index in [1.165, 1.54) is 23.5 Å². The number of allylic oxidation sites excluding steroid dienone is 1. The Hall–Kier alpha value is -2.88. The summed E-state index contributed by atoms with van der Waals surface area (Å²) in [5.41, 5.74) is 2.04. The Balaban J connectivity index is 0.000000395. The summed E-state index contributed by atoms with van der Waals surface area (Å²) in [5, 5.41) is 28.4. The molecule has 1 aromatic rings. The number of aromatic hydroxyl groups is 1. The van der Waals surface area contributed by atoms with E-state index in [1.807, 2.05) is 65.8 Å². The van der Waals surface area contributed by atoms with Crippen molar-refractivity contribution in [1.29, 1.82) is 10.5 Å². The van der Waals surface area contributed by atoms with E-state index in [2.05, 4.69) is 0 Å². The van der Waals surface area contributed by atoms with Crippen molar-refractivity contribution in [2.24, 2.45) is 0 Å². The highest BCUT2D eigenvalue weighted by Crippen LogP contribution is 2.41. The van der Waals surface area contributed by atoms with Gasteiger partial charge in [0.05, 0.1) is 16.4 Å². The second kappa shape index (κ2) is 14.5. The van der Waals surface area contributed by atoms with Gasteiger partial charge in [0.25, 0.3) is 0 Å². The molecule has 1 fully saturated rings. The number of phenolic OH excluding ortho intramolecular Hbond substituents is 1. The van der Waals surface area contributed by atoms with Crippen LogP contribution in [-0.2, 0) is 29.9 Å². The van der Waals surface area contributed by atoms with Crippen LogP contribution in [0.5, 0.6) is 5.75 Å². The largest absolute Gasteiger partial charge is 0.507 e. The Morgan fingerprint density at radius 1 is 0.872 bits per heavy atom. The number of phenols is 1. The average Bonchev–Trinajstić information content (AvgIpc) is 3.30. The van der Waals surface area contributed by atoms with Gasteiger partial charge in [-0.05, 0) is 62.3 Å². The second-order valence-corrected chi connectivity index (χ2v) is 14.0. The molecule has 0 unspecified atom stereocenters. The molecule has 0 aromatic heterocycles. The molecule has 7 nitrogen and oxygen atoms in total. The van der Waals surface area contributed by atoms with Crippen molar-refractivity contribution >= 4 is 41.5 Å². The Kier molecular flexibility index (Phi) is 12.7. The van der Waals surface area contributed by atoms with E-state index in [4.69, 9.17) is 20.0 Å².